The minimum Gasteiger partial charge on any atom is -0.481 e. The van der Waals surface area contributed by atoms with E-state index in [-0.39, 0.29) is 24.0 Å². The molecule has 0 aliphatic rings. The molecule has 6 nitrogen and oxygen atoms in total. The number of aryl methyl sites for hydroxylation is 1. The summed E-state index contributed by atoms with van der Waals surface area (Å²) in [5.41, 5.74) is 2.08. The minimum absolute atomic E-state index is 0. The molecular formula is C16H24IN5OS. The van der Waals surface area contributed by atoms with Gasteiger partial charge in [-0.15, -0.1) is 35.3 Å². The van der Waals surface area contributed by atoms with Crippen molar-refractivity contribution in [2.45, 2.75) is 26.8 Å². The number of hydrogen-bond donors (Lipinski definition) is 2. The van der Waals surface area contributed by atoms with Gasteiger partial charge >= 0.3 is 0 Å². The zero-order valence-electron chi connectivity index (χ0n) is 14.2. The Morgan fingerprint density at radius 1 is 1.38 bits per heavy atom. The molecule has 0 radical (unpaired) electrons. The number of methoxy groups -OCH3 is 1. The van der Waals surface area contributed by atoms with Crippen LogP contribution in [0.15, 0.2) is 28.7 Å². The lowest BCUT2D eigenvalue weighted by atomic mass is 10.3. The molecule has 0 aromatic carbocycles. The number of halogens is 1. The number of thiazole rings is 1. The van der Waals surface area contributed by atoms with Gasteiger partial charge in [-0.1, -0.05) is 6.07 Å². The highest BCUT2D eigenvalue weighted by Gasteiger charge is 2.04. The third-order valence-corrected chi connectivity index (χ3v) is 3.96. The molecule has 0 fully saturated rings. The van der Waals surface area contributed by atoms with Gasteiger partial charge in [0.15, 0.2) is 5.96 Å². The quantitative estimate of drug-likeness (QED) is 0.377. The van der Waals surface area contributed by atoms with Crippen molar-refractivity contribution in [3.05, 3.63) is 40.0 Å². The van der Waals surface area contributed by atoms with Gasteiger partial charge in [0.1, 0.15) is 0 Å². The van der Waals surface area contributed by atoms with Gasteiger partial charge < -0.3 is 15.4 Å². The Hall–Kier alpha value is -1.42. The van der Waals surface area contributed by atoms with E-state index in [0.717, 1.165) is 41.7 Å². The van der Waals surface area contributed by atoms with Gasteiger partial charge in [-0.3, -0.25) is 0 Å². The van der Waals surface area contributed by atoms with Crippen LogP contribution in [-0.2, 0) is 13.0 Å². The topological polar surface area (TPSA) is 71.4 Å². The number of hydrogen-bond acceptors (Lipinski definition) is 5. The second kappa shape index (κ2) is 11.2. The molecule has 0 bridgehead atoms. The Morgan fingerprint density at radius 3 is 2.88 bits per heavy atom. The van der Waals surface area contributed by atoms with Crippen molar-refractivity contribution in [2.75, 3.05) is 20.2 Å². The fraction of sp³-hybridized carbons (Fsp3) is 0.438. The van der Waals surface area contributed by atoms with E-state index in [4.69, 9.17) is 4.74 Å². The van der Waals surface area contributed by atoms with E-state index in [1.807, 2.05) is 26.0 Å². The van der Waals surface area contributed by atoms with Crippen LogP contribution in [0.4, 0.5) is 0 Å². The average Bonchev–Trinajstić information content (AvgIpc) is 2.98. The first-order chi connectivity index (χ1) is 11.2. The van der Waals surface area contributed by atoms with Crippen molar-refractivity contribution >= 4 is 41.3 Å². The second-order valence-corrected chi connectivity index (χ2v) is 5.96. The lowest BCUT2D eigenvalue weighted by molar-refractivity contribution is 0.392. The van der Waals surface area contributed by atoms with Crippen LogP contribution in [0, 0.1) is 6.92 Å². The molecule has 8 heteroatoms. The molecule has 2 heterocycles. The Bertz CT molecular complexity index is 647. The summed E-state index contributed by atoms with van der Waals surface area (Å²) in [7, 11) is 1.62. The Balaban J connectivity index is 0.00000288. The Morgan fingerprint density at radius 2 is 2.21 bits per heavy atom. The summed E-state index contributed by atoms with van der Waals surface area (Å²) >= 11 is 1.68. The van der Waals surface area contributed by atoms with E-state index in [1.165, 1.54) is 0 Å². The molecule has 132 valence electrons. The van der Waals surface area contributed by atoms with Crippen molar-refractivity contribution in [3.8, 4) is 5.88 Å². The number of nitrogens with zero attached hydrogens (tertiary/aromatic N) is 3. The molecule has 0 amide bonds. The van der Waals surface area contributed by atoms with Crippen LogP contribution < -0.4 is 15.4 Å². The molecule has 0 unspecified atom stereocenters. The first-order valence-corrected chi connectivity index (χ1v) is 8.52. The lowest BCUT2D eigenvalue weighted by Crippen LogP contribution is -2.38. The number of ether oxygens (including phenoxy) is 1. The molecule has 0 aliphatic heterocycles. The summed E-state index contributed by atoms with van der Waals surface area (Å²) in [6.45, 7) is 6.19. The van der Waals surface area contributed by atoms with Crippen molar-refractivity contribution in [2.24, 2.45) is 4.99 Å². The minimum atomic E-state index is 0. The van der Waals surface area contributed by atoms with Crippen LogP contribution in [0.5, 0.6) is 5.88 Å². The Kier molecular flexibility index (Phi) is 9.62. The van der Waals surface area contributed by atoms with Crippen LogP contribution in [0.2, 0.25) is 0 Å². The van der Waals surface area contributed by atoms with Gasteiger partial charge in [-0.25, -0.2) is 15.0 Å². The fourth-order valence-corrected chi connectivity index (χ4v) is 2.71. The smallest absolute Gasteiger partial charge is 0.218 e. The van der Waals surface area contributed by atoms with Crippen molar-refractivity contribution < 1.29 is 4.74 Å². The standard InChI is InChI=1S/C16H23N5OS.HI/c1-4-17-16(19-9-7-14-11-23-12(2)21-14)20-10-13-6-5-8-18-15(13)22-3;/h5-6,8,11H,4,7,9-10H2,1-3H3,(H2,17,19,20);1H. The van der Waals surface area contributed by atoms with Crippen LogP contribution in [-0.4, -0.2) is 36.1 Å². The summed E-state index contributed by atoms with van der Waals surface area (Å²) in [5, 5.41) is 9.77. The third kappa shape index (κ3) is 6.60. The normalized spacial score (nSPS) is 10.9. The van der Waals surface area contributed by atoms with Gasteiger partial charge in [-0.05, 0) is 19.9 Å². The van der Waals surface area contributed by atoms with Gasteiger partial charge in [0.25, 0.3) is 0 Å². The maximum Gasteiger partial charge on any atom is 0.218 e. The SMILES string of the molecule is CCNC(=NCc1cccnc1OC)NCCc1csc(C)n1.I. The van der Waals surface area contributed by atoms with E-state index in [0.29, 0.717) is 12.4 Å². The maximum absolute atomic E-state index is 5.25. The molecule has 0 aliphatic carbocycles. The molecular weight excluding hydrogens is 437 g/mol. The molecule has 0 spiro atoms. The number of pyridine rings is 1. The number of aliphatic imine (C=N–C) groups is 1. The first-order valence-electron chi connectivity index (χ1n) is 7.64. The van der Waals surface area contributed by atoms with Crippen LogP contribution in [0.25, 0.3) is 0 Å². The van der Waals surface area contributed by atoms with E-state index in [2.05, 4.69) is 31.0 Å². The molecule has 2 aromatic rings. The second-order valence-electron chi connectivity index (χ2n) is 4.90. The van der Waals surface area contributed by atoms with Crippen molar-refractivity contribution in [1.82, 2.24) is 20.6 Å². The van der Waals surface area contributed by atoms with E-state index < -0.39 is 0 Å². The summed E-state index contributed by atoms with van der Waals surface area (Å²) < 4.78 is 5.25. The highest BCUT2D eigenvalue weighted by molar-refractivity contribution is 14.0. The summed E-state index contributed by atoms with van der Waals surface area (Å²) in [6, 6.07) is 3.86. The molecule has 2 aromatic heterocycles. The van der Waals surface area contributed by atoms with Gasteiger partial charge in [0, 0.05) is 36.7 Å². The third-order valence-electron chi connectivity index (χ3n) is 3.14. The van der Waals surface area contributed by atoms with Gasteiger partial charge in [-0.2, -0.15) is 0 Å². The Labute approximate surface area is 164 Å². The van der Waals surface area contributed by atoms with Gasteiger partial charge in [0.05, 0.1) is 24.4 Å². The van der Waals surface area contributed by atoms with Crippen LogP contribution >= 0.6 is 35.3 Å². The molecule has 2 N–H and O–H groups in total. The number of guanidine groups is 1. The highest BCUT2D eigenvalue weighted by Crippen LogP contribution is 2.14. The largest absolute Gasteiger partial charge is 0.481 e. The number of nitrogens with one attached hydrogen (secondary N) is 2. The summed E-state index contributed by atoms with van der Waals surface area (Å²) in [5.74, 6) is 1.40. The molecule has 0 saturated heterocycles. The van der Waals surface area contributed by atoms with Crippen molar-refractivity contribution in [1.29, 1.82) is 0 Å². The van der Waals surface area contributed by atoms with Crippen LogP contribution in [0.3, 0.4) is 0 Å². The van der Waals surface area contributed by atoms with Crippen LogP contribution in [0.1, 0.15) is 23.2 Å². The summed E-state index contributed by atoms with van der Waals surface area (Å²) in [4.78, 5) is 13.2. The molecule has 0 saturated carbocycles. The maximum atomic E-state index is 5.25. The fourth-order valence-electron chi connectivity index (χ4n) is 2.07. The lowest BCUT2D eigenvalue weighted by Gasteiger charge is -2.11. The molecule has 2 rings (SSSR count). The predicted octanol–water partition coefficient (Wildman–Crippen LogP) is 2.77. The van der Waals surface area contributed by atoms with Gasteiger partial charge in [0.2, 0.25) is 5.88 Å². The van der Waals surface area contributed by atoms with E-state index in [9.17, 15) is 0 Å². The zero-order valence-corrected chi connectivity index (χ0v) is 17.4. The zero-order chi connectivity index (χ0) is 16.5. The first kappa shape index (κ1) is 20.6. The number of rotatable bonds is 7. The number of aromatic nitrogens is 2. The van der Waals surface area contributed by atoms with E-state index >= 15 is 0 Å². The summed E-state index contributed by atoms with van der Waals surface area (Å²) in [6.07, 6.45) is 2.59. The monoisotopic (exact) mass is 461 g/mol. The average molecular weight is 461 g/mol. The molecule has 24 heavy (non-hydrogen) atoms. The van der Waals surface area contributed by atoms with Crippen molar-refractivity contribution in [3.63, 3.8) is 0 Å². The predicted molar refractivity (Wildman–Crippen MR) is 110 cm³/mol. The highest BCUT2D eigenvalue weighted by atomic mass is 127. The molecule has 0 atom stereocenters. The van der Waals surface area contributed by atoms with E-state index in [1.54, 1.807) is 24.6 Å².